The molecule has 1 atom stereocenters. The molecule has 6 nitrogen and oxygen atoms in total. The summed E-state index contributed by atoms with van der Waals surface area (Å²) in [5.74, 6) is 1.41. The van der Waals surface area contributed by atoms with Gasteiger partial charge in [0.05, 0.1) is 31.6 Å². The van der Waals surface area contributed by atoms with E-state index in [0.717, 1.165) is 25.9 Å². The number of hydrogen-bond donors (Lipinski definition) is 1. The quantitative estimate of drug-likeness (QED) is 0.799. The standard InChI is InChI=1S/C21H25NO5/c1-24-15-10-11-17(20(13-15)25-2)21(23)22-18-8-3-4-9-19(18)27-14-16-7-5-6-12-26-16/h3-4,8-11,13,16H,5-7,12,14H2,1-2H3,(H,22,23)/t16-/m1/s1. The zero-order chi connectivity index (χ0) is 19.1. The molecule has 0 saturated carbocycles. The van der Waals surface area contributed by atoms with Crippen LogP contribution in [0, 0.1) is 0 Å². The topological polar surface area (TPSA) is 66.0 Å². The zero-order valence-corrected chi connectivity index (χ0v) is 15.7. The van der Waals surface area contributed by atoms with Crippen molar-refractivity contribution in [1.82, 2.24) is 0 Å². The van der Waals surface area contributed by atoms with Crippen molar-refractivity contribution in [3.8, 4) is 17.2 Å². The normalized spacial score (nSPS) is 16.4. The Kier molecular flexibility index (Phi) is 6.54. The first-order valence-electron chi connectivity index (χ1n) is 9.08. The first-order chi connectivity index (χ1) is 13.2. The molecule has 0 radical (unpaired) electrons. The molecule has 0 spiro atoms. The summed E-state index contributed by atoms with van der Waals surface area (Å²) in [6, 6.07) is 12.4. The second-order valence-corrected chi connectivity index (χ2v) is 6.32. The van der Waals surface area contributed by atoms with Crippen molar-refractivity contribution in [2.45, 2.75) is 25.4 Å². The van der Waals surface area contributed by atoms with E-state index in [2.05, 4.69) is 5.32 Å². The van der Waals surface area contributed by atoms with Gasteiger partial charge in [-0.3, -0.25) is 4.79 Å². The molecule has 3 rings (SSSR count). The molecule has 0 bridgehead atoms. The summed E-state index contributed by atoms with van der Waals surface area (Å²) in [6.45, 7) is 1.25. The Balaban J connectivity index is 1.71. The number of hydrogen-bond acceptors (Lipinski definition) is 5. The number of para-hydroxylation sites is 2. The lowest BCUT2D eigenvalue weighted by Crippen LogP contribution is -2.26. The molecule has 2 aromatic carbocycles. The fourth-order valence-electron chi connectivity index (χ4n) is 2.99. The van der Waals surface area contributed by atoms with Crippen LogP contribution in [0.2, 0.25) is 0 Å². The fraction of sp³-hybridized carbons (Fsp3) is 0.381. The summed E-state index contributed by atoms with van der Waals surface area (Å²) < 4.78 is 22.1. The van der Waals surface area contributed by atoms with Gasteiger partial charge in [0.2, 0.25) is 0 Å². The van der Waals surface area contributed by atoms with Crippen LogP contribution in [-0.2, 0) is 4.74 Å². The highest BCUT2D eigenvalue weighted by molar-refractivity contribution is 6.07. The number of methoxy groups -OCH3 is 2. The number of ether oxygens (including phenoxy) is 4. The molecule has 6 heteroatoms. The number of rotatable bonds is 7. The van der Waals surface area contributed by atoms with Crippen LogP contribution in [0.25, 0.3) is 0 Å². The Hall–Kier alpha value is -2.73. The van der Waals surface area contributed by atoms with Gasteiger partial charge in [0.15, 0.2) is 0 Å². The second-order valence-electron chi connectivity index (χ2n) is 6.32. The van der Waals surface area contributed by atoms with E-state index in [9.17, 15) is 4.79 Å². The van der Waals surface area contributed by atoms with Crippen LogP contribution >= 0.6 is 0 Å². The van der Waals surface area contributed by atoms with Crippen LogP contribution in [0.15, 0.2) is 42.5 Å². The maximum Gasteiger partial charge on any atom is 0.259 e. The van der Waals surface area contributed by atoms with E-state index in [1.165, 1.54) is 7.11 Å². The van der Waals surface area contributed by atoms with E-state index < -0.39 is 0 Å². The average molecular weight is 371 g/mol. The fourth-order valence-corrected chi connectivity index (χ4v) is 2.99. The maximum atomic E-state index is 12.7. The molecule has 0 unspecified atom stereocenters. The minimum absolute atomic E-state index is 0.101. The molecule has 0 aliphatic carbocycles. The van der Waals surface area contributed by atoms with Crippen LogP contribution in [0.5, 0.6) is 17.2 Å². The number of carbonyl (C=O) groups is 1. The average Bonchev–Trinajstić information content (AvgIpc) is 2.73. The van der Waals surface area contributed by atoms with E-state index in [1.807, 2.05) is 24.3 Å². The number of amides is 1. The summed E-state index contributed by atoms with van der Waals surface area (Å²) >= 11 is 0. The molecule has 0 aromatic heterocycles. The summed E-state index contributed by atoms with van der Waals surface area (Å²) in [4.78, 5) is 12.7. The van der Waals surface area contributed by atoms with E-state index in [4.69, 9.17) is 18.9 Å². The van der Waals surface area contributed by atoms with Gasteiger partial charge >= 0.3 is 0 Å². The number of anilines is 1. The van der Waals surface area contributed by atoms with Crippen molar-refractivity contribution in [3.63, 3.8) is 0 Å². The zero-order valence-electron chi connectivity index (χ0n) is 15.7. The largest absolute Gasteiger partial charge is 0.497 e. The molecule has 1 aliphatic rings. The van der Waals surface area contributed by atoms with Gasteiger partial charge in [-0.15, -0.1) is 0 Å². The molecule has 1 aliphatic heterocycles. The first kappa shape index (κ1) is 19.0. The van der Waals surface area contributed by atoms with Crippen molar-refractivity contribution in [3.05, 3.63) is 48.0 Å². The molecule has 1 N–H and O–H groups in total. The highest BCUT2D eigenvalue weighted by atomic mass is 16.5. The van der Waals surface area contributed by atoms with Gasteiger partial charge in [-0.05, 0) is 43.5 Å². The molecule has 1 saturated heterocycles. The number of benzene rings is 2. The van der Waals surface area contributed by atoms with Crippen LogP contribution < -0.4 is 19.5 Å². The summed E-state index contributed by atoms with van der Waals surface area (Å²) in [5.41, 5.74) is 1.03. The van der Waals surface area contributed by atoms with Gasteiger partial charge in [0, 0.05) is 12.7 Å². The second kappa shape index (κ2) is 9.28. The molecule has 27 heavy (non-hydrogen) atoms. The number of nitrogens with one attached hydrogen (secondary N) is 1. The summed E-state index contributed by atoms with van der Waals surface area (Å²) in [7, 11) is 3.09. The van der Waals surface area contributed by atoms with Crippen molar-refractivity contribution in [2.24, 2.45) is 0 Å². The third-order valence-electron chi connectivity index (χ3n) is 4.49. The van der Waals surface area contributed by atoms with Crippen molar-refractivity contribution < 1.29 is 23.7 Å². The minimum atomic E-state index is -0.278. The highest BCUT2D eigenvalue weighted by Crippen LogP contribution is 2.29. The van der Waals surface area contributed by atoms with Gasteiger partial charge in [0.1, 0.15) is 23.9 Å². The van der Waals surface area contributed by atoms with E-state index in [1.54, 1.807) is 25.3 Å². The van der Waals surface area contributed by atoms with E-state index in [0.29, 0.717) is 35.1 Å². The Morgan fingerprint density at radius 1 is 1.11 bits per heavy atom. The maximum absolute atomic E-state index is 12.7. The van der Waals surface area contributed by atoms with Gasteiger partial charge in [-0.2, -0.15) is 0 Å². The van der Waals surface area contributed by atoms with Gasteiger partial charge in [-0.25, -0.2) is 0 Å². The summed E-state index contributed by atoms with van der Waals surface area (Å²) in [5, 5.41) is 2.90. The van der Waals surface area contributed by atoms with Crippen molar-refractivity contribution >= 4 is 11.6 Å². The predicted molar refractivity (Wildman–Crippen MR) is 103 cm³/mol. The van der Waals surface area contributed by atoms with Gasteiger partial charge < -0.3 is 24.3 Å². The smallest absolute Gasteiger partial charge is 0.259 e. The van der Waals surface area contributed by atoms with Crippen LogP contribution in [0.3, 0.4) is 0 Å². The molecule has 1 amide bonds. The van der Waals surface area contributed by atoms with Gasteiger partial charge in [-0.1, -0.05) is 12.1 Å². The lowest BCUT2D eigenvalue weighted by atomic mass is 10.1. The predicted octanol–water partition coefficient (Wildman–Crippen LogP) is 3.90. The van der Waals surface area contributed by atoms with E-state index in [-0.39, 0.29) is 12.0 Å². The molecule has 1 heterocycles. The Bertz CT molecular complexity index is 771. The van der Waals surface area contributed by atoms with Crippen LogP contribution in [0.4, 0.5) is 5.69 Å². The molecular formula is C21H25NO5. The highest BCUT2D eigenvalue weighted by Gasteiger charge is 2.17. The van der Waals surface area contributed by atoms with Gasteiger partial charge in [0.25, 0.3) is 5.91 Å². The third-order valence-corrected chi connectivity index (χ3v) is 4.49. The van der Waals surface area contributed by atoms with Crippen molar-refractivity contribution in [1.29, 1.82) is 0 Å². The minimum Gasteiger partial charge on any atom is -0.497 e. The van der Waals surface area contributed by atoms with Crippen molar-refractivity contribution in [2.75, 3.05) is 32.8 Å². The molecule has 144 valence electrons. The Morgan fingerprint density at radius 2 is 1.96 bits per heavy atom. The Labute approximate surface area is 159 Å². The van der Waals surface area contributed by atoms with Crippen LogP contribution in [0.1, 0.15) is 29.6 Å². The van der Waals surface area contributed by atoms with Crippen LogP contribution in [-0.4, -0.2) is 39.4 Å². The molecular weight excluding hydrogens is 346 g/mol. The third kappa shape index (κ3) is 4.92. The first-order valence-corrected chi connectivity index (χ1v) is 9.08. The molecule has 2 aromatic rings. The molecule has 1 fully saturated rings. The number of carbonyl (C=O) groups excluding carboxylic acids is 1. The SMILES string of the molecule is COc1ccc(C(=O)Nc2ccccc2OC[C@H]2CCCCO2)c(OC)c1. The monoisotopic (exact) mass is 371 g/mol. The summed E-state index contributed by atoms with van der Waals surface area (Å²) in [6.07, 6.45) is 3.36. The van der Waals surface area contributed by atoms with E-state index >= 15 is 0 Å². The lowest BCUT2D eigenvalue weighted by molar-refractivity contribution is -0.0109. The lowest BCUT2D eigenvalue weighted by Gasteiger charge is -2.23. The Morgan fingerprint density at radius 3 is 2.70 bits per heavy atom.